The second kappa shape index (κ2) is 5.17. The van der Waals surface area contributed by atoms with Crippen LogP contribution in [-0.2, 0) is 4.79 Å². The fourth-order valence-electron chi connectivity index (χ4n) is 4.25. The van der Waals surface area contributed by atoms with Crippen LogP contribution in [0.4, 0.5) is 0 Å². The van der Waals surface area contributed by atoms with Crippen molar-refractivity contribution in [3.8, 4) is 0 Å². The van der Waals surface area contributed by atoms with Crippen molar-refractivity contribution in [3.63, 3.8) is 0 Å². The summed E-state index contributed by atoms with van der Waals surface area (Å²) in [7, 11) is 0. The van der Waals surface area contributed by atoms with E-state index in [2.05, 4.69) is 9.80 Å². The first-order chi connectivity index (χ1) is 8.74. The van der Waals surface area contributed by atoms with Crippen LogP contribution in [0.25, 0.3) is 0 Å². The van der Waals surface area contributed by atoms with E-state index < -0.39 is 5.97 Å². The molecule has 4 nitrogen and oxygen atoms in total. The van der Waals surface area contributed by atoms with Gasteiger partial charge in [0.25, 0.3) is 0 Å². The number of piperidine rings is 2. The number of fused-ring (bicyclic) bond motifs is 2. The van der Waals surface area contributed by atoms with Crippen LogP contribution in [0.3, 0.4) is 0 Å². The average Bonchev–Trinajstić information content (AvgIpc) is 2.72. The Morgan fingerprint density at radius 1 is 1.11 bits per heavy atom. The molecular weight excluding hydrogens is 228 g/mol. The molecule has 0 aromatic heterocycles. The number of hydrogen-bond acceptors (Lipinski definition) is 3. The van der Waals surface area contributed by atoms with E-state index in [0.717, 1.165) is 18.9 Å². The summed E-state index contributed by atoms with van der Waals surface area (Å²) in [6.45, 7) is 4.86. The van der Waals surface area contributed by atoms with Gasteiger partial charge in [0, 0.05) is 18.6 Å². The summed E-state index contributed by atoms with van der Waals surface area (Å²) in [5.41, 5.74) is 0. The number of carboxylic acid groups (broad SMARTS) is 1. The van der Waals surface area contributed by atoms with Gasteiger partial charge in [-0.3, -0.25) is 9.69 Å². The maximum Gasteiger partial charge on any atom is 0.304 e. The summed E-state index contributed by atoms with van der Waals surface area (Å²) in [6, 6.07) is 0.960. The summed E-state index contributed by atoms with van der Waals surface area (Å²) in [5, 5.41) is 9.08. The number of hydrogen-bond donors (Lipinski definition) is 1. The van der Waals surface area contributed by atoms with Gasteiger partial charge >= 0.3 is 5.97 Å². The monoisotopic (exact) mass is 252 g/mol. The first-order valence-electron chi connectivity index (χ1n) is 7.44. The average molecular weight is 252 g/mol. The topological polar surface area (TPSA) is 43.8 Å². The van der Waals surface area contributed by atoms with Crippen molar-refractivity contribution in [2.75, 3.05) is 26.2 Å². The Morgan fingerprint density at radius 2 is 1.94 bits per heavy atom. The molecule has 3 rings (SSSR count). The van der Waals surface area contributed by atoms with Crippen molar-refractivity contribution in [1.82, 2.24) is 9.80 Å². The van der Waals surface area contributed by atoms with Crippen molar-refractivity contribution in [1.29, 1.82) is 0 Å². The van der Waals surface area contributed by atoms with Gasteiger partial charge in [-0.15, -0.1) is 0 Å². The predicted molar refractivity (Wildman–Crippen MR) is 69.5 cm³/mol. The highest BCUT2D eigenvalue weighted by Crippen LogP contribution is 2.34. The van der Waals surface area contributed by atoms with Gasteiger partial charge in [-0.25, -0.2) is 0 Å². The minimum Gasteiger partial charge on any atom is -0.481 e. The third-order valence-corrected chi connectivity index (χ3v) is 5.10. The molecule has 102 valence electrons. The highest BCUT2D eigenvalue weighted by molar-refractivity contribution is 5.67. The Hall–Kier alpha value is -0.610. The molecule has 18 heavy (non-hydrogen) atoms. The molecule has 3 aliphatic heterocycles. The van der Waals surface area contributed by atoms with E-state index in [-0.39, 0.29) is 0 Å². The van der Waals surface area contributed by atoms with Gasteiger partial charge in [0.05, 0.1) is 6.42 Å². The van der Waals surface area contributed by atoms with E-state index in [1.165, 1.54) is 45.3 Å². The van der Waals surface area contributed by atoms with Crippen LogP contribution < -0.4 is 0 Å². The molecule has 4 heteroatoms. The lowest BCUT2D eigenvalue weighted by molar-refractivity contribution is -0.139. The van der Waals surface area contributed by atoms with Crippen molar-refractivity contribution >= 4 is 5.97 Å². The normalized spacial score (nSPS) is 40.9. The number of likely N-dealkylation sites (tertiary alicyclic amines) is 1. The van der Waals surface area contributed by atoms with E-state index in [1.807, 2.05) is 0 Å². The zero-order chi connectivity index (χ0) is 12.5. The molecule has 0 saturated carbocycles. The maximum atomic E-state index is 11.0. The summed E-state index contributed by atoms with van der Waals surface area (Å²) < 4.78 is 0. The van der Waals surface area contributed by atoms with Gasteiger partial charge in [-0.1, -0.05) is 6.42 Å². The molecule has 0 aromatic rings. The highest BCUT2D eigenvalue weighted by Gasteiger charge is 2.40. The SMILES string of the molecule is O=C(O)CC1CCCCN1C1CCN2CCC1C2. The summed E-state index contributed by atoms with van der Waals surface area (Å²) >= 11 is 0. The smallest absolute Gasteiger partial charge is 0.304 e. The molecule has 2 bridgehead atoms. The van der Waals surface area contributed by atoms with E-state index in [9.17, 15) is 4.79 Å². The van der Waals surface area contributed by atoms with Crippen molar-refractivity contribution in [2.45, 2.75) is 50.6 Å². The second-order valence-electron chi connectivity index (χ2n) is 6.19. The minimum atomic E-state index is -0.629. The van der Waals surface area contributed by atoms with E-state index in [1.54, 1.807) is 0 Å². The van der Waals surface area contributed by atoms with E-state index in [4.69, 9.17) is 5.11 Å². The molecule has 0 aliphatic carbocycles. The Morgan fingerprint density at radius 3 is 2.78 bits per heavy atom. The van der Waals surface area contributed by atoms with Crippen LogP contribution in [0, 0.1) is 5.92 Å². The van der Waals surface area contributed by atoms with Crippen molar-refractivity contribution in [3.05, 3.63) is 0 Å². The number of carbonyl (C=O) groups is 1. The number of rotatable bonds is 3. The van der Waals surface area contributed by atoms with Gasteiger partial charge in [0.15, 0.2) is 0 Å². The molecule has 3 heterocycles. The van der Waals surface area contributed by atoms with Crippen LogP contribution in [0.1, 0.15) is 38.5 Å². The largest absolute Gasteiger partial charge is 0.481 e. The molecule has 0 spiro atoms. The lowest BCUT2D eigenvalue weighted by atomic mass is 9.88. The highest BCUT2D eigenvalue weighted by atomic mass is 16.4. The van der Waals surface area contributed by atoms with Gasteiger partial charge in [-0.05, 0) is 51.2 Å². The molecule has 0 amide bonds. The number of nitrogens with zero attached hydrogens (tertiary/aromatic N) is 2. The quantitative estimate of drug-likeness (QED) is 0.825. The summed E-state index contributed by atoms with van der Waals surface area (Å²) in [4.78, 5) is 16.1. The van der Waals surface area contributed by atoms with Gasteiger partial charge < -0.3 is 10.0 Å². The van der Waals surface area contributed by atoms with Crippen molar-refractivity contribution in [2.24, 2.45) is 5.92 Å². The van der Waals surface area contributed by atoms with Gasteiger partial charge in [0.1, 0.15) is 0 Å². The lowest BCUT2D eigenvalue weighted by Gasteiger charge is -2.45. The molecule has 4 unspecified atom stereocenters. The third kappa shape index (κ3) is 2.41. The van der Waals surface area contributed by atoms with Crippen LogP contribution >= 0.6 is 0 Å². The Balaban J connectivity index is 1.69. The first-order valence-corrected chi connectivity index (χ1v) is 7.44. The number of carboxylic acids is 1. The Labute approximate surface area is 109 Å². The van der Waals surface area contributed by atoms with Gasteiger partial charge in [0.2, 0.25) is 0 Å². The zero-order valence-electron chi connectivity index (χ0n) is 11.1. The van der Waals surface area contributed by atoms with Crippen LogP contribution in [0.5, 0.6) is 0 Å². The molecule has 1 N–H and O–H groups in total. The van der Waals surface area contributed by atoms with Crippen LogP contribution in [0.2, 0.25) is 0 Å². The molecule has 3 aliphatic rings. The molecule has 4 atom stereocenters. The van der Waals surface area contributed by atoms with E-state index >= 15 is 0 Å². The lowest BCUT2D eigenvalue weighted by Crippen LogP contribution is -2.53. The van der Waals surface area contributed by atoms with Gasteiger partial charge in [-0.2, -0.15) is 0 Å². The second-order valence-corrected chi connectivity index (χ2v) is 6.19. The van der Waals surface area contributed by atoms with Crippen LogP contribution in [-0.4, -0.2) is 59.1 Å². The standard InChI is InChI=1S/C14H24N2O2/c17-14(18)9-12-3-1-2-6-16(12)13-5-8-15-7-4-11(13)10-15/h11-13H,1-10H2,(H,17,18). The third-order valence-electron chi connectivity index (χ3n) is 5.10. The Bertz CT molecular complexity index is 321. The Kier molecular flexibility index (Phi) is 3.57. The number of aliphatic carboxylic acids is 1. The molecule has 0 aromatic carbocycles. The zero-order valence-corrected chi connectivity index (χ0v) is 11.1. The molecule has 0 radical (unpaired) electrons. The van der Waals surface area contributed by atoms with Crippen molar-refractivity contribution < 1.29 is 9.90 Å². The molecule has 3 fully saturated rings. The molecular formula is C14H24N2O2. The predicted octanol–water partition coefficient (Wildman–Crippen LogP) is 1.41. The first kappa shape index (κ1) is 12.4. The van der Waals surface area contributed by atoms with E-state index in [0.29, 0.717) is 18.5 Å². The maximum absolute atomic E-state index is 11.0. The summed E-state index contributed by atoms with van der Waals surface area (Å²) in [5.74, 6) is 0.170. The fourth-order valence-corrected chi connectivity index (χ4v) is 4.25. The van der Waals surface area contributed by atoms with Crippen LogP contribution in [0.15, 0.2) is 0 Å². The molecule has 3 saturated heterocycles. The summed E-state index contributed by atoms with van der Waals surface area (Å²) in [6.07, 6.45) is 6.45. The minimum absolute atomic E-state index is 0.299. The fraction of sp³-hybridized carbons (Fsp3) is 0.929.